The number of hydrogen-bond acceptors (Lipinski definition) is 8. The van der Waals surface area contributed by atoms with Gasteiger partial charge in [0.15, 0.2) is 0 Å². The summed E-state index contributed by atoms with van der Waals surface area (Å²) in [6, 6.07) is 6.80. The van der Waals surface area contributed by atoms with E-state index in [4.69, 9.17) is 30.7 Å². The number of carbonyl (C=O) groups excluding carboxylic acids is 1. The van der Waals surface area contributed by atoms with Crippen molar-refractivity contribution in [3.63, 3.8) is 0 Å². The number of halogens is 1. The van der Waals surface area contributed by atoms with Gasteiger partial charge in [0, 0.05) is 51.0 Å². The van der Waals surface area contributed by atoms with Crippen LogP contribution in [0.3, 0.4) is 0 Å². The third-order valence-electron chi connectivity index (χ3n) is 4.80. The van der Waals surface area contributed by atoms with Crippen LogP contribution >= 0.6 is 22.9 Å². The number of nitrogens with zero attached hydrogens (tertiary/aromatic N) is 3. The number of anilines is 1. The lowest BCUT2D eigenvalue weighted by molar-refractivity contribution is 0.0949. The van der Waals surface area contributed by atoms with Crippen molar-refractivity contribution in [2.45, 2.75) is 26.4 Å². The molecular formula is C22H20ClN5O3S. The number of amides is 1. The Morgan fingerprint density at radius 1 is 1.34 bits per heavy atom. The summed E-state index contributed by atoms with van der Waals surface area (Å²) >= 11 is 7.27. The van der Waals surface area contributed by atoms with Crippen LogP contribution in [0.4, 0.5) is 5.69 Å². The highest BCUT2D eigenvalue weighted by molar-refractivity contribution is 7.21. The first-order chi connectivity index (χ1) is 18.2. The molecule has 3 aromatic heterocycles. The minimum atomic E-state index is -3.33. The molecule has 2 N–H and O–H groups in total. The highest BCUT2D eigenvalue weighted by Crippen LogP contribution is 2.41. The van der Waals surface area contributed by atoms with E-state index >= 15 is 0 Å². The maximum atomic E-state index is 12.7. The first-order valence-corrected chi connectivity index (χ1v) is 10.7. The smallest absolute Gasteiger partial charge is 0.263 e. The van der Waals surface area contributed by atoms with Gasteiger partial charge in [-0.05, 0) is 43.6 Å². The summed E-state index contributed by atoms with van der Waals surface area (Å²) in [5, 5.41) is 7.57. The van der Waals surface area contributed by atoms with Crippen LogP contribution in [-0.4, -0.2) is 40.0 Å². The number of carbonyl (C=O) groups is 1. The van der Waals surface area contributed by atoms with E-state index < -0.39 is 31.4 Å². The molecule has 0 spiro atoms. The summed E-state index contributed by atoms with van der Waals surface area (Å²) in [6.45, 7) is -7.16. The predicted octanol–water partition coefficient (Wildman–Crippen LogP) is 4.77. The number of aromatic nitrogens is 3. The number of thiophene rings is 1. The average Bonchev–Trinajstić information content (AvgIpc) is 3.14. The fourth-order valence-electron chi connectivity index (χ4n) is 3.44. The maximum Gasteiger partial charge on any atom is 0.263 e. The summed E-state index contributed by atoms with van der Waals surface area (Å²) in [5.41, 5.74) is 0.737. The molecule has 5 rings (SSSR count). The number of fused-ring (bicyclic) bond motifs is 5. The van der Waals surface area contributed by atoms with E-state index in [0.29, 0.717) is 16.9 Å². The van der Waals surface area contributed by atoms with Crippen molar-refractivity contribution >= 4 is 55.5 Å². The van der Waals surface area contributed by atoms with Gasteiger partial charge in [0.2, 0.25) is 17.0 Å². The summed E-state index contributed by atoms with van der Waals surface area (Å²) in [5.74, 6) is -0.601. The zero-order valence-corrected chi connectivity index (χ0v) is 18.1. The fourth-order valence-corrected chi connectivity index (χ4v) is 4.66. The molecule has 0 unspecified atom stereocenters. The molecule has 4 heterocycles. The number of ether oxygens (including phenoxy) is 2. The molecule has 0 aliphatic carbocycles. The van der Waals surface area contributed by atoms with Crippen molar-refractivity contribution in [2.75, 3.05) is 18.4 Å². The monoisotopic (exact) mass is 476 g/mol. The van der Waals surface area contributed by atoms with E-state index in [1.165, 1.54) is 17.4 Å². The first-order valence-electron chi connectivity index (χ1n) is 13.0. The van der Waals surface area contributed by atoms with Gasteiger partial charge in [-0.1, -0.05) is 0 Å². The normalized spacial score (nSPS) is 20.4. The van der Waals surface area contributed by atoms with Gasteiger partial charge in [-0.2, -0.15) is 4.98 Å². The molecule has 1 aromatic carbocycles. The molecule has 0 saturated heterocycles. The van der Waals surface area contributed by atoms with E-state index in [2.05, 4.69) is 25.6 Å². The minimum absolute atomic E-state index is 0.00635. The van der Waals surface area contributed by atoms with Gasteiger partial charge < -0.3 is 20.1 Å². The zero-order valence-electron chi connectivity index (χ0n) is 23.5. The van der Waals surface area contributed by atoms with Crippen molar-refractivity contribution < 1.29 is 23.9 Å². The van der Waals surface area contributed by atoms with Gasteiger partial charge in [0.25, 0.3) is 5.91 Å². The molecule has 8 nitrogen and oxygen atoms in total. The van der Waals surface area contributed by atoms with E-state index in [9.17, 15) is 4.79 Å². The number of benzene rings is 1. The third-order valence-corrected chi connectivity index (χ3v) is 6.14. The van der Waals surface area contributed by atoms with Crippen LogP contribution in [0.2, 0.25) is 5.28 Å². The molecule has 0 saturated carbocycles. The van der Waals surface area contributed by atoms with Gasteiger partial charge in [0.05, 0.1) is 28.8 Å². The second-order valence-corrected chi connectivity index (χ2v) is 8.37. The standard InChI is InChI=1S/C22H20ClN5O3S/c1-3-30-10-12-9-25-22(23)28-21(12)31-16-7-4-13-14(27-16)5-6-15-17(13)18-19(32-15)20(29)26-11(2)8-24-18/h4-7,9,11,24H,3,8,10H2,1-2H3,(H,26,29)/t11-/m1/s1/i1D3,3D2,10D2. The molecule has 1 amide bonds. The first kappa shape index (κ1) is 14.2. The highest BCUT2D eigenvalue weighted by atomic mass is 35.5. The topological polar surface area (TPSA) is 98.3 Å². The molecule has 1 aliphatic heterocycles. The Morgan fingerprint density at radius 2 is 2.25 bits per heavy atom. The fraction of sp³-hybridized carbons (Fsp3) is 0.273. The SMILES string of the molecule is [2H]C([2H])(OC([2H])([2H])C([2H])([2H])[2H])c1cnc(Cl)nc1Oc1ccc2c(ccc3sc4c(c32)NC[C@@H](C)NC4=O)n1. The van der Waals surface area contributed by atoms with Crippen molar-refractivity contribution in [2.24, 2.45) is 0 Å². The molecule has 32 heavy (non-hydrogen) atoms. The minimum Gasteiger partial charge on any atom is -0.420 e. The molecule has 1 atom stereocenters. The summed E-state index contributed by atoms with van der Waals surface area (Å²) in [4.78, 5) is 25.3. The van der Waals surface area contributed by atoms with Crippen molar-refractivity contribution in [3.8, 4) is 11.8 Å². The van der Waals surface area contributed by atoms with Crippen molar-refractivity contribution in [1.29, 1.82) is 0 Å². The maximum absolute atomic E-state index is 12.7. The van der Waals surface area contributed by atoms with E-state index in [1.807, 2.05) is 13.0 Å². The molecule has 1 aliphatic rings. The van der Waals surface area contributed by atoms with Crippen LogP contribution in [0, 0.1) is 0 Å². The van der Waals surface area contributed by atoms with E-state index in [1.54, 1.807) is 12.1 Å². The molecule has 0 fully saturated rings. The van der Waals surface area contributed by atoms with Crippen LogP contribution in [0.5, 0.6) is 11.8 Å². The quantitative estimate of drug-likeness (QED) is 0.400. The van der Waals surface area contributed by atoms with Crippen molar-refractivity contribution in [3.05, 3.63) is 46.2 Å². The van der Waals surface area contributed by atoms with Gasteiger partial charge >= 0.3 is 0 Å². The van der Waals surface area contributed by atoms with E-state index in [-0.39, 0.29) is 23.1 Å². The van der Waals surface area contributed by atoms with Crippen LogP contribution in [0.1, 0.15) is 38.6 Å². The number of hydrogen-bond donors (Lipinski definition) is 2. The Labute approximate surface area is 202 Å². The average molecular weight is 477 g/mol. The van der Waals surface area contributed by atoms with E-state index in [0.717, 1.165) is 27.4 Å². The molecule has 10 heteroatoms. The van der Waals surface area contributed by atoms with Gasteiger partial charge in [-0.15, -0.1) is 11.3 Å². The molecule has 0 radical (unpaired) electrons. The van der Waals surface area contributed by atoms with Gasteiger partial charge in [0.1, 0.15) is 4.88 Å². The van der Waals surface area contributed by atoms with Crippen molar-refractivity contribution in [1.82, 2.24) is 20.3 Å². The second kappa shape index (κ2) is 8.50. The summed E-state index contributed by atoms with van der Waals surface area (Å²) < 4.78 is 65.0. The third kappa shape index (κ3) is 3.83. The Kier molecular flexibility index (Phi) is 3.77. The highest BCUT2D eigenvalue weighted by Gasteiger charge is 2.24. The number of pyridine rings is 1. The summed E-state index contributed by atoms with van der Waals surface area (Å²) in [6.07, 6.45) is 0.920. The second-order valence-electron chi connectivity index (χ2n) is 6.98. The van der Waals surface area contributed by atoms with Crippen LogP contribution in [0.25, 0.3) is 21.0 Å². The molecular weight excluding hydrogens is 450 g/mol. The predicted molar refractivity (Wildman–Crippen MR) is 125 cm³/mol. The Hall–Kier alpha value is -3.01. The summed E-state index contributed by atoms with van der Waals surface area (Å²) in [7, 11) is 0. The molecule has 0 bridgehead atoms. The lowest BCUT2D eigenvalue weighted by Gasteiger charge is -2.11. The van der Waals surface area contributed by atoms with Crippen LogP contribution in [0.15, 0.2) is 30.5 Å². The van der Waals surface area contributed by atoms with Crippen LogP contribution < -0.4 is 15.4 Å². The largest absolute Gasteiger partial charge is 0.420 e. The van der Waals surface area contributed by atoms with Gasteiger partial charge in [-0.25, -0.2) is 9.97 Å². The number of nitrogens with one attached hydrogen (secondary N) is 2. The number of rotatable bonds is 5. The van der Waals surface area contributed by atoms with Gasteiger partial charge in [-0.3, -0.25) is 4.79 Å². The lowest BCUT2D eigenvalue weighted by atomic mass is 10.1. The molecule has 4 aromatic rings. The lowest BCUT2D eigenvalue weighted by Crippen LogP contribution is -2.34. The Morgan fingerprint density at radius 3 is 3.12 bits per heavy atom. The zero-order chi connectivity index (χ0) is 28.3. The Bertz CT molecular complexity index is 1610. The van der Waals surface area contributed by atoms with Crippen LogP contribution in [-0.2, 0) is 11.3 Å². The molecule has 164 valence electrons. The Balaban J connectivity index is 1.53.